The molecule has 7 nitrogen and oxygen atoms in total. The number of likely N-dealkylation sites (tertiary alicyclic amines) is 1. The number of benzene rings is 1. The summed E-state index contributed by atoms with van der Waals surface area (Å²) < 4.78 is 16.5. The Balaban J connectivity index is 1.29. The van der Waals surface area contributed by atoms with E-state index in [9.17, 15) is 9.59 Å². The number of piperidine rings is 1. The van der Waals surface area contributed by atoms with E-state index in [1.807, 2.05) is 4.90 Å². The number of halogens is 1. The minimum atomic E-state index is -0.495. The van der Waals surface area contributed by atoms with Gasteiger partial charge < -0.3 is 24.4 Å². The molecule has 8 heteroatoms. The second-order valence-corrected chi connectivity index (χ2v) is 7.63. The zero-order valence-electron chi connectivity index (χ0n) is 15.2. The molecule has 0 aromatic heterocycles. The van der Waals surface area contributed by atoms with Crippen LogP contribution in [0, 0.1) is 11.8 Å². The summed E-state index contributed by atoms with van der Waals surface area (Å²) in [6.07, 6.45) is 1.96. The van der Waals surface area contributed by atoms with E-state index >= 15 is 0 Å². The molecule has 2 amide bonds. The Morgan fingerprint density at radius 2 is 1.93 bits per heavy atom. The van der Waals surface area contributed by atoms with Gasteiger partial charge in [-0.05, 0) is 24.6 Å². The molecule has 1 aliphatic carbocycles. The van der Waals surface area contributed by atoms with Crippen LogP contribution in [-0.2, 0) is 19.1 Å². The van der Waals surface area contributed by atoms with Crippen molar-refractivity contribution >= 4 is 29.1 Å². The first-order valence-electron chi connectivity index (χ1n) is 9.22. The third-order valence-electron chi connectivity index (χ3n) is 5.51. The Hall–Kier alpha value is -1.83. The average Bonchev–Trinajstić information content (AvgIpc) is 3.36. The zero-order chi connectivity index (χ0) is 19.0. The van der Waals surface area contributed by atoms with E-state index in [2.05, 4.69) is 5.32 Å². The third-order valence-corrected chi connectivity index (χ3v) is 5.81. The molecule has 2 saturated heterocycles. The normalized spacial score (nSPS) is 26.1. The number of methoxy groups -OCH3 is 1. The number of hydrogen-bond acceptors (Lipinski definition) is 5. The van der Waals surface area contributed by atoms with Gasteiger partial charge in [0, 0.05) is 31.6 Å². The molecular formula is C19H23ClN2O5. The minimum absolute atomic E-state index is 0.0516. The van der Waals surface area contributed by atoms with Crippen LogP contribution in [0.4, 0.5) is 5.69 Å². The summed E-state index contributed by atoms with van der Waals surface area (Å²) in [6.45, 7) is 2.46. The summed E-state index contributed by atoms with van der Waals surface area (Å²) in [4.78, 5) is 27.0. The van der Waals surface area contributed by atoms with E-state index < -0.39 is 5.79 Å². The van der Waals surface area contributed by atoms with Crippen molar-refractivity contribution in [1.29, 1.82) is 0 Å². The number of rotatable bonds is 4. The molecule has 27 heavy (non-hydrogen) atoms. The molecule has 0 radical (unpaired) electrons. The van der Waals surface area contributed by atoms with Crippen LogP contribution in [0.25, 0.3) is 0 Å². The van der Waals surface area contributed by atoms with Crippen molar-refractivity contribution < 1.29 is 23.8 Å². The van der Waals surface area contributed by atoms with Crippen LogP contribution in [0.1, 0.15) is 19.3 Å². The summed E-state index contributed by atoms with van der Waals surface area (Å²) in [6, 6.07) is 5.07. The number of nitrogens with zero attached hydrogens (tertiary/aromatic N) is 1. The van der Waals surface area contributed by atoms with Crippen LogP contribution in [0.2, 0.25) is 5.02 Å². The maximum Gasteiger partial charge on any atom is 0.228 e. The fraction of sp³-hybridized carbons (Fsp3) is 0.579. The Kier molecular flexibility index (Phi) is 5.01. The molecule has 1 spiro atoms. The van der Waals surface area contributed by atoms with Crippen LogP contribution in [0.3, 0.4) is 0 Å². The second-order valence-electron chi connectivity index (χ2n) is 7.22. The number of nitrogens with one attached hydrogen (secondary N) is 1. The molecule has 2 aliphatic heterocycles. The van der Waals surface area contributed by atoms with Gasteiger partial charge in [-0.1, -0.05) is 11.6 Å². The Labute approximate surface area is 162 Å². The lowest BCUT2D eigenvalue weighted by molar-refractivity contribution is -0.187. The number of carbonyl (C=O) groups excluding carboxylic acids is 2. The van der Waals surface area contributed by atoms with Gasteiger partial charge in [0.2, 0.25) is 11.8 Å². The first-order valence-corrected chi connectivity index (χ1v) is 9.60. The van der Waals surface area contributed by atoms with E-state index in [0.717, 1.165) is 0 Å². The van der Waals surface area contributed by atoms with E-state index in [0.29, 0.717) is 62.0 Å². The predicted molar refractivity (Wildman–Crippen MR) is 98.7 cm³/mol. The van der Waals surface area contributed by atoms with Gasteiger partial charge in [0.15, 0.2) is 5.79 Å². The fourth-order valence-corrected chi connectivity index (χ4v) is 4.08. The number of ether oxygens (including phenoxy) is 3. The number of anilines is 1. The molecule has 3 fully saturated rings. The molecule has 2 unspecified atom stereocenters. The lowest BCUT2D eigenvalue weighted by Gasteiger charge is -2.37. The van der Waals surface area contributed by atoms with Gasteiger partial charge in [-0.3, -0.25) is 9.59 Å². The Morgan fingerprint density at radius 3 is 2.56 bits per heavy atom. The molecule has 2 heterocycles. The average molecular weight is 395 g/mol. The van der Waals surface area contributed by atoms with Crippen molar-refractivity contribution in [1.82, 2.24) is 4.90 Å². The van der Waals surface area contributed by atoms with Crippen molar-refractivity contribution in [2.75, 3.05) is 38.7 Å². The van der Waals surface area contributed by atoms with Gasteiger partial charge >= 0.3 is 0 Å². The first-order chi connectivity index (χ1) is 13.0. The van der Waals surface area contributed by atoms with Crippen LogP contribution < -0.4 is 10.1 Å². The smallest absolute Gasteiger partial charge is 0.228 e. The summed E-state index contributed by atoms with van der Waals surface area (Å²) in [7, 11) is 1.53. The number of hydrogen-bond donors (Lipinski definition) is 1. The van der Waals surface area contributed by atoms with Crippen molar-refractivity contribution in [2.24, 2.45) is 11.8 Å². The molecule has 1 aromatic carbocycles. The molecule has 4 rings (SSSR count). The Morgan fingerprint density at radius 1 is 1.22 bits per heavy atom. The number of carbonyl (C=O) groups is 2. The van der Waals surface area contributed by atoms with Gasteiger partial charge in [-0.25, -0.2) is 0 Å². The van der Waals surface area contributed by atoms with Gasteiger partial charge in [0.05, 0.1) is 37.2 Å². The maximum atomic E-state index is 12.7. The van der Waals surface area contributed by atoms with E-state index in [4.69, 9.17) is 25.8 Å². The quantitative estimate of drug-likeness (QED) is 0.847. The fourth-order valence-electron chi connectivity index (χ4n) is 3.82. The molecule has 3 aliphatic rings. The largest absolute Gasteiger partial charge is 0.495 e. The molecule has 1 saturated carbocycles. The van der Waals surface area contributed by atoms with Crippen molar-refractivity contribution in [3.8, 4) is 5.75 Å². The van der Waals surface area contributed by atoms with Gasteiger partial charge in [-0.2, -0.15) is 0 Å². The monoisotopic (exact) mass is 394 g/mol. The molecule has 0 bridgehead atoms. The van der Waals surface area contributed by atoms with Crippen molar-refractivity contribution in [3.05, 3.63) is 23.2 Å². The second kappa shape index (κ2) is 7.30. The SMILES string of the molecule is COc1ccc(NC(=O)C2CC2C(=O)N2CCC3(CC2)OCCO3)cc1Cl. The number of amides is 2. The van der Waals surface area contributed by atoms with E-state index in [-0.39, 0.29) is 23.7 Å². The molecule has 1 aromatic rings. The highest BCUT2D eigenvalue weighted by molar-refractivity contribution is 6.32. The van der Waals surface area contributed by atoms with Crippen LogP contribution in [0.15, 0.2) is 18.2 Å². The topological polar surface area (TPSA) is 77.1 Å². The zero-order valence-corrected chi connectivity index (χ0v) is 16.0. The lowest BCUT2D eigenvalue weighted by Crippen LogP contribution is -2.48. The van der Waals surface area contributed by atoms with Gasteiger partial charge in [-0.15, -0.1) is 0 Å². The highest BCUT2D eigenvalue weighted by atomic mass is 35.5. The summed E-state index contributed by atoms with van der Waals surface area (Å²) >= 11 is 6.08. The highest BCUT2D eigenvalue weighted by Crippen LogP contribution is 2.42. The lowest BCUT2D eigenvalue weighted by atomic mass is 10.0. The van der Waals surface area contributed by atoms with Crippen LogP contribution in [0.5, 0.6) is 5.75 Å². The van der Waals surface area contributed by atoms with Crippen LogP contribution >= 0.6 is 11.6 Å². The van der Waals surface area contributed by atoms with Gasteiger partial charge in [0.25, 0.3) is 0 Å². The molecule has 2 atom stereocenters. The van der Waals surface area contributed by atoms with E-state index in [1.54, 1.807) is 18.2 Å². The summed E-state index contributed by atoms with van der Waals surface area (Å²) in [5, 5.41) is 3.26. The molecular weight excluding hydrogens is 372 g/mol. The predicted octanol–water partition coefficient (Wildman–Crippen LogP) is 2.29. The highest BCUT2D eigenvalue weighted by Gasteiger charge is 2.51. The molecule has 146 valence electrons. The van der Waals surface area contributed by atoms with Gasteiger partial charge in [0.1, 0.15) is 5.75 Å². The van der Waals surface area contributed by atoms with Crippen molar-refractivity contribution in [2.45, 2.75) is 25.0 Å². The Bertz CT molecular complexity index is 740. The summed E-state index contributed by atoms with van der Waals surface area (Å²) in [5.41, 5.74) is 0.597. The van der Waals surface area contributed by atoms with Crippen molar-refractivity contribution in [3.63, 3.8) is 0 Å². The summed E-state index contributed by atoms with van der Waals surface area (Å²) in [5.74, 6) is -0.565. The van der Waals surface area contributed by atoms with E-state index in [1.165, 1.54) is 7.11 Å². The minimum Gasteiger partial charge on any atom is -0.495 e. The maximum absolute atomic E-state index is 12.7. The van der Waals surface area contributed by atoms with Crippen LogP contribution in [-0.4, -0.2) is 55.9 Å². The third kappa shape index (κ3) is 3.77. The standard InChI is InChI=1S/C19H23ClN2O5/c1-25-16-3-2-12(10-15(16)20)21-17(23)13-11-14(13)18(24)22-6-4-19(5-7-22)26-8-9-27-19/h2-3,10,13-14H,4-9,11H2,1H3,(H,21,23). The molecule has 1 N–H and O–H groups in total. The first kappa shape index (κ1) is 18.5.